The number of anilines is 2. The number of nitrogens with zero attached hydrogens (tertiary/aromatic N) is 3. The normalized spacial score (nSPS) is 10.3. The van der Waals surface area contributed by atoms with Crippen LogP contribution in [0.1, 0.15) is 12.0 Å². The maximum absolute atomic E-state index is 5.52. The molecule has 0 radical (unpaired) electrons. The summed E-state index contributed by atoms with van der Waals surface area (Å²) in [5, 5.41) is 7.60. The number of benzene rings is 1. The van der Waals surface area contributed by atoms with Crippen molar-refractivity contribution >= 4 is 11.5 Å². The summed E-state index contributed by atoms with van der Waals surface area (Å²) in [5.41, 5.74) is 7.99. The van der Waals surface area contributed by atoms with E-state index in [0.717, 1.165) is 12.8 Å². The molecule has 106 valence electrons. The van der Waals surface area contributed by atoms with Crippen LogP contribution in [0.15, 0.2) is 36.4 Å². The van der Waals surface area contributed by atoms with Crippen LogP contribution in [0.5, 0.6) is 5.88 Å². The van der Waals surface area contributed by atoms with Crippen molar-refractivity contribution in [2.24, 2.45) is 0 Å². The molecular weight excluding hydrogens is 252 g/mol. The SMILES string of the molecule is CN(C)c1cccc(CCCOc2ccc(N)nn2)c1. The van der Waals surface area contributed by atoms with Crippen molar-refractivity contribution in [2.45, 2.75) is 12.8 Å². The standard InChI is InChI=1S/C15H20N4O/c1-19(2)13-7-3-5-12(11-13)6-4-10-20-15-9-8-14(16)17-18-15/h3,5,7-9,11H,4,6,10H2,1-2H3,(H2,16,17). The fraction of sp³-hybridized carbons (Fsp3) is 0.333. The average molecular weight is 272 g/mol. The summed E-state index contributed by atoms with van der Waals surface area (Å²) in [4.78, 5) is 2.10. The number of hydrogen-bond donors (Lipinski definition) is 1. The topological polar surface area (TPSA) is 64.3 Å². The second-order valence-electron chi connectivity index (χ2n) is 4.81. The fourth-order valence-corrected chi connectivity index (χ4v) is 1.85. The predicted octanol–water partition coefficient (Wildman–Crippen LogP) is 2.14. The van der Waals surface area contributed by atoms with Crippen LogP contribution in [0.3, 0.4) is 0 Å². The minimum absolute atomic E-state index is 0.401. The Morgan fingerprint density at radius 2 is 2.00 bits per heavy atom. The summed E-state index contributed by atoms with van der Waals surface area (Å²) in [5.74, 6) is 0.916. The molecule has 5 heteroatoms. The first kappa shape index (κ1) is 14.1. The number of nitrogen functional groups attached to an aromatic ring is 1. The molecule has 0 spiro atoms. The lowest BCUT2D eigenvalue weighted by atomic mass is 10.1. The first-order valence-electron chi connectivity index (χ1n) is 6.63. The van der Waals surface area contributed by atoms with Crippen molar-refractivity contribution in [3.63, 3.8) is 0 Å². The molecule has 0 unspecified atom stereocenters. The molecule has 0 bridgehead atoms. The van der Waals surface area contributed by atoms with Gasteiger partial charge in [0.2, 0.25) is 5.88 Å². The van der Waals surface area contributed by atoms with Crippen LogP contribution in [0.2, 0.25) is 0 Å². The van der Waals surface area contributed by atoms with Gasteiger partial charge in [0.25, 0.3) is 0 Å². The minimum atomic E-state index is 0.401. The van der Waals surface area contributed by atoms with E-state index in [9.17, 15) is 0 Å². The van der Waals surface area contributed by atoms with E-state index in [2.05, 4.69) is 39.4 Å². The van der Waals surface area contributed by atoms with E-state index in [1.54, 1.807) is 12.1 Å². The Morgan fingerprint density at radius 3 is 2.70 bits per heavy atom. The Morgan fingerprint density at radius 1 is 1.15 bits per heavy atom. The quantitative estimate of drug-likeness (QED) is 0.816. The molecule has 0 atom stereocenters. The summed E-state index contributed by atoms with van der Waals surface area (Å²) in [6.07, 6.45) is 1.91. The molecule has 0 saturated heterocycles. The molecule has 2 N–H and O–H groups in total. The third-order valence-corrected chi connectivity index (χ3v) is 2.95. The Hall–Kier alpha value is -2.30. The Labute approximate surface area is 119 Å². The van der Waals surface area contributed by atoms with Gasteiger partial charge in [0.15, 0.2) is 0 Å². The van der Waals surface area contributed by atoms with Gasteiger partial charge in [0.1, 0.15) is 5.82 Å². The summed E-state index contributed by atoms with van der Waals surface area (Å²) in [7, 11) is 4.09. The van der Waals surface area contributed by atoms with Crippen LogP contribution < -0.4 is 15.4 Å². The van der Waals surface area contributed by atoms with Crippen LogP contribution in [0, 0.1) is 0 Å². The molecule has 1 heterocycles. The van der Waals surface area contributed by atoms with Crippen molar-refractivity contribution in [1.29, 1.82) is 0 Å². The third kappa shape index (κ3) is 4.12. The van der Waals surface area contributed by atoms with Gasteiger partial charge in [-0.2, -0.15) is 0 Å². The summed E-state index contributed by atoms with van der Waals surface area (Å²) >= 11 is 0. The molecule has 0 aliphatic rings. The number of ether oxygens (including phenoxy) is 1. The first-order chi connectivity index (χ1) is 9.65. The zero-order valence-electron chi connectivity index (χ0n) is 11.9. The van der Waals surface area contributed by atoms with Crippen LogP contribution in [-0.4, -0.2) is 30.9 Å². The zero-order chi connectivity index (χ0) is 14.4. The third-order valence-electron chi connectivity index (χ3n) is 2.95. The van der Waals surface area contributed by atoms with Gasteiger partial charge in [-0.1, -0.05) is 12.1 Å². The van der Waals surface area contributed by atoms with Gasteiger partial charge in [-0.05, 0) is 36.6 Å². The first-order valence-corrected chi connectivity index (χ1v) is 6.63. The van der Waals surface area contributed by atoms with E-state index in [0.29, 0.717) is 18.3 Å². The maximum Gasteiger partial charge on any atom is 0.233 e. The zero-order valence-corrected chi connectivity index (χ0v) is 11.9. The van der Waals surface area contributed by atoms with Gasteiger partial charge in [-0.15, -0.1) is 10.2 Å². The highest BCUT2D eigenvalue weighted by atomic mass is 16.5. The molecule has 0 saturated carbocycles. The molecule has 20 heavy (non-hydrogen) atoms. The van der Waals surface area contributed by atoms with Crippen molar-refractivity contribution < 1.29 is 4.74 Å². The van der Waals surface area contributed by atoms with Gasteiger partial charge in [0.05, 0.1) is 6.61 Å². The van der Waals surface area contributed by atoms with Gasteiger partial charge in [-0.3, -0.25) is 0 Å². The van der Waals surface area contributed by atoms with Crippen molar-refractivity contribution in [1.82, 2.24) is 10.2 Å². The lowest BCUT2D eigenvalue weighted by Crippen LogP contribution is -2.08. The van der Waals surface area contributed by atoms with E-state index < -0.39 is 0 Å². The second kappa shape index (κ2) is 6.75. The predicted molar refractivity (Wildman–Crippen MR) is 81.0 cm³/mol. The molecule has 2 aromatic rings. The van der Waals surface area contributed by atoms with E-state index in [1.807, 2.05) is 14.1 Å². The molecule has 0 aliphatic heterocycles. The van der Waals surface area contributed by atoms with Crippen molar-refractivity contribution in [3.8, 4) is 5.88 Å². The fourth-order valence-electron chi connectivity index (χ4n) is 1.85. The number of aryl methyl sites for hydroxylation is 1. The summed E-state index contributed by atoms with van der Waals surface area (Å²) in [6.45, 7) is 0.616. The average Bonchev–Trinajstić information content (AvgIpc) is 2.46. The van der Waals surface area contributed by atoms with E-state index >= 15 is 0 Å². The van der Waals surface area contributed by atoms with E-state index in [1.165, 1.54) is 11.3 Å². The van der Waals surface area contributed by atoms with Crippen LogP contribution in [-0.2, 0) is 6.42 Å². The highest BCUT2D eigenvalue weighted by molar-refractivity contribution is 5.47. The number of nitrogens with two attached hydrogens (primary N) is 1. The lowest BCUT2D eigenvalue weighted by Gasteiger charge is -2.13. The molecule has 1 aromatic carbocycles. The van der Waals surface area contributed by atoms with Crippen LogP contribution in [0.25, 0.3) is 0 Å². The molecule has 5 nitrogen and oxygen atoms in total. The highest BCUT2D eigenvalue weighted by Crippen LogP contribution is 2.15. The minimum Gasteiger partial charge on any atom is -0.477 e. The Balaban J connectivity index is 1.78. The second-order valence-corrected chi connectivity index (χ2v) is 4.81. The largest absolute Gasteiger partial charge is 0.477 e. The molecule has 1 aromatic heterocycles. The number of rotatable bonds is 6. The lowest BCUT2D eigenvalue weighted by molar-refractivity contribution is 0.296. The molecule has 2 rings (SSSR count). The smallest absolute Gasteiger partial charge is 0.233 e. The van der Waals surface area contributed by atoms with Gasteiger partial charge in [0, 0.05) is 25.8 Å². The highest BCUT2D eigenvalue weighted by Gasteiger charge is 2.00. The Bertz CT molecular complexity index is 540. The monoisotopic (exact) mass is 272 g/mol. The van der Waals surface area contributed by atoms with Crippen molar-refractivity contribution in [2.75, 3.05) is 31.3 Å². The molecule has 0 amide bonds. The maximum atomic E-state index is 5.52. The van der Waals surface area contributed by atoms with Gasteiger partial charge in [-0.25, -0.2) is 0 Å². The number of hydrogen-bond acceptors (Lipinski definition) is 5. The summed E-state index contributed by atoms with van der Waals surface area (Å²) < 4.78 is 5.52. The van der Waals surface area contributed by atoms with Gasteiger partial charge >= 0.3 is 0 Å². The molecule has 0 fully saturated rings. The van der Waals surface area contributed by atoms with E-state index in [-0.39, 0.29) is 0 Å². The molecular formula is C15H20N4O. The summed E-state index contributed by atoms with van der Waals surface area (Å²) in [6, 6.07) is 11.9. The van der Waals surface area contributed by atoms with Crippen LogP contribution >= 0.6 is 0 Å². The van der Waals surface area contributed by atoms with Crippen molar-refractivity contribution in [3.05, 3.63) is 42.0 Å². The van der Waals surface area contributed by atoms with Crippen LogP contribution in [0.4, 0.5) is 11.5 Å². The van der Waals surface area contributed by atoms with E-state index in [4.69, 9.17) is 10.5 Å². The number of aromatic nitrogens is 2. The Kier molecular flexibility index (Phi) is 4.76. The van der Waals surface area contributed by atoms with Gasteiger partial charge < -0.3 is 15.4 Å². The molecule has 0 aliphatic carbocycles.